The van der Waals surface area contributed by atoms with Crippen LogP contribution in [0.15, 0.2) is 11.3 Å². The van der Waals surface area contributed by atoms with Gasteiger partial charge in [-0.2, -0.15) is 5.10 Å². The highest BCUT2D eigenvalue weighted by molar-refractivity contribution is 7.89. The maximum absolute atomic E-state index is 12.1. The quantitative estimate of drug-likeness (QED) is 0.439. The fourth-order valence-corrected chi connectivity index (χ4v) is 4.45. The van der Waals surface area contributed by atoms with Crippen molar-refractivity contribution in [3.05, 3.63) is 12.2 Å². The maximum Gasteiger partial charge on any atom is 0.213 e. The van der Waals surface area contributed by atoms with E-state index in [1.807, 2.05) is 6.92 Å². The molecular weight excluding hydrogens is 366 g/mol. The molecular formula is C17H31N7O2S. The van der Waals surface area contributed by atoms with Gasteiger partial charge in [0.2, 0.25) is 10.0 Å². The topological polar surface area (TPSA) is 115 Å². The Morgan fingerprint density at radius 3 is 2.70 bits per heavy atom. The van der Waals surface area contributed by atoms with Gasteiger partial charge in [-0.1, -0.05) is 6.42 Å². The smallest absolute Gasteiger partial charge is 0.213 e. The fraction of sp³-hybridized carbons (Fsp3) is 0.824. The Balaban J connectivity index is 1.47. The van der Waals surface area contributed by atoms with Gasteiger partial charge in [0.25, 0.3) is 0 Å². The van der Waals surface area contributed by atoms with Crippen LogP contribution in [-0.2, 0) is 10.0 Å². The maximum atomic E-state index is 12.1. The number of rotatable bonds is 8. The lowest BCUT2D eigenvalue weighted by Crippen LogP contribution is -2.45. The molecule has 9 nitrogen and oxygen atoms in total. The third kappa shape index (κ3) is 5.90. The molecule has 27 heavy (non-hydrogen) atoms. The standard InChI is InChI=1S/C17H31N7O2S/c1-2-18-17(19-8-11-27(25,26)22-12-14-4-3-5-14)24-9-6-15(7-10-24)16-20-13-21-23-16/h13-15,22H,2-12H2,1H3,(H,18,19)(H,20,21,23). The van der Waals surface area contributed by atoms with E-state index in [4.69, 9.17) is 0 Å². The van der Waals surface area contributed by atoms with Gasteiger partial charge in [-0.25, -0.2) is 18.1 Å². The molecule has 2 heterocycles. The zero-order valence-corrected chi connectivity index (χ0v) is 16.8. The Hall–Kier alpha value is -1.68. The summed E-state index contributed by atoms with van der Waals surface area (Å²) in [5.74, 6) is 2.68. The lowest BCUT2D eigenvalue weighted by Gasteiger charge is -2.33. The summed E-state index contributed by atoms with van der Waals surface area (Å²) >= 11 is 0. The summed E-state index contributed by atoms with van der Waals surface area (Å²) in [5, 5.41) is 10.2. The van der Waals surface area contributed by atoms with Crippen molar-refractivity contribution < 1.29 is 8.42 Å². The van der Waals surface area contributed by atoms with E-state index in [1.54, 1.807) is 6.33 Å². The Kier molecular flexibility index (Phi) is 7.06. The summed E-state index contributed by atoms with van der Waals surface area (Å²) < 4.78 is 27.0. The molecule has 0 radical (unpaired) electrons. The minimum absolute atomic E-state index is 0.0309. The molecule has 1 aliphatic carbocycles. The lowest BCUT2D eigenvalue weighted by atomic mass is 9.86. The zero-order chi connectivity index (χ0) is 19.1. The number of hydrogen-bond donors (Lipinski definition) is 3. The van der Waals surface area contributed by atoms with E-state index in [1.165, 1.54) is 6.42 Å². The van der Waals surface area contributed by atoms with E-state index in [0.29, 0.717) is 18.4 Å². The van der Waals surface area contributed by atoms with Gasteiger partial charge in [-0.3, -0.25) is 10.1 Å². The molecule has 2 aliphatic rings. The summed E-state index contributed by atoms with van der Waals surface area (Å²) in [6, 6.07) is 0. The highest BCUT2D eigenvalue weighted by atomic mass is 32.2. The highest BCUT2D eigenvalue weighted by Gasteiger charge is 2.24. The van der Waals surface area contributed by atoms with Crippen LogP contribution in [-0.4, -0.2) is 72.9 Å². The van der Waals surface area contributed by atoms with Crippen molar-refractivity contribution in [3.8, 4) is 0 Å². The number of sulfonamides is 1. The highest BCUT2D eigenvalue weighted by Crippen LogP contribution is 2.26. The molecule has 1 aliphatic heterocycles. The minimum atomic E-state index is -3.26. The number of aromatic nitrogens is 3. The van der Waals surface area contributed by atoms with Crippen LogP contribution in [0, 0.1) is 5.92 Å². The number of H-pyrrole nitrogens is 1. The summed E-state index contributed by atoms with van der Waals surface area (Å²) in [5.41, 5.74) is 0. The van der Waals surface area contributed by atoms with Crippen LogP contribution in [0.5, 0.6) is 0 Å². The van der Waals surface area contributed by atoms with Gasteiger partial charge in [-0.15, -0.1) is 0 Å². The van der Waals surface area contributed by atoms with E-state index < -0.39 is 10.0 Å². The molecule has 1 aromatic rings. The van der Waals surface area contributed by atoms with Crippen LogP contribution in [0.2, 0.25) is 0 Å². The number of aromatic amines is 1. The first kappa shape index (κ1) is 20.1. The fourth-order valence-electron chi connectivity index (χ4n) is 3.49. The van der Waals surface area contributed by atoms with E-state index in [-0.39, 0.29) is 12.3 Å². The van der Waals surface area contributed by atoms with Crippen LogP contribution >= 0.6 is 0 Å². The third-order valence-corrected chi connectivity index (χ3v) is 6.71. The number of piperidine rings is 1. The van der Waals surface area contributed by atoms with Crippen molar-refractivity contribution in [2.45, 2.75) is 44.9 Å². The average molecular weight is 398 g/mol. The molecule has 1 aromatic heterocycles. The molecule has 0 unspecified atom stereocenters. The van der Waals surface area contributed by atoms with Crippen molar-refractivity contribution >= 4 is 16.0 Å². The van der Waals surface area contributed by atoms with Gasteiger partial charge in [0.1, 0.15) is 12.2 Å². The monoisotopic (exact) mass is 397 g/mol. The van der Waals surface area contributed by atoms with Crippen molar-refractivity contribution in [2.24, 2.45) is 10.9 Å². The van der Waals surface area contributed by atoms with Crippen LogP contribution < -0.4 is 10.0 Å². The third-order valence-electron chi connectivity index (χ3n) is 5.39. The Labute approximate surface area is 161 Å². The second-order valence-electron chi connectivity index (χ2n) is 7.33. The number of aliphatic imine (C=N–C) groups is 1. The zero-order valence-electron chi connectivity index (χ0n) is 16.0. The number of nitrogens with one attached hydrogen (secondary N) is 3. The normalized spacial score (nSPS) is 19.9. The number of nitrogens with zero attached hydrogens (tertiary/aromatic N) is 4. The largest absolute Gasteiger partial charge is 0.357 e. The molecule has 10 heteroatoms. The number of guanidine groups is 1. The molecule has 0 amide bonds. The summed E-state index contributed by atoms with van der Waals surface area (Å²) in [6.07, 6.45) is 6.98. The SMILES string of the molecule is CCNC(=NCCS(=O)(=O)NCC1CCC1)N1CCC(c2ncn[nH]2)CC1. The molecule has 0 aromatic carbocycles. The van der Waals surface area contributed by atoms with E-state index in [9.17, 15) is 8.42 Å². The molecule has 0 atom stereocenters. The predicted octanol–water partition coefficient (Wildman–Crippen LogP) is 0.669. The summed E-state index contributed by atoms with van der Waals surface area (Å²) in [6.45, 7) is 5.35. The average Bonchev–Trinajstić information content (AvgIpc) is 3.14. The molecule has 0 spiro atoms. The van der Waals surface area contributed by atoms with Crippen LogP contribution in [0.4, 0.5) is 0 Å². The molecule has 1 saturated heterocycles. The summed E-state index contributed by atoms with van der Waals surface area (Å²) in [7, 11) is -3.26. The Bertz CT molecular complexity index is 693. The number of likely N-dealkylation sites (tertiary alicyclic amines) is 1. The van der Waals surface area contributed by atoms with Gasteiger partial charge >= 0.3 is 0 Å². The second-order valence-corrected chi connectivity index (χ2v) is 9.26. The van der Waals surface area contributed by atoms with Crippen molar-refractivity contribution in [1.29, 1.82) is 0 Å². The molecule has 152 valence electrons. The summed E-state index contributed by atoms with van der Waals surface area (Å²) in [4.78, 5) is 11.0. The molecule has 3 N–H and O–H groups in total. The second kappa shape index (κ2) is 9.50. The van der Waals surface area contributed by atoms with Gasteiger partial charge in [0, 0.05) is 32.1 Å². The van der Waals surface area contributed by atoms with Crippen LogP contribution in [0.25, 0.3) is 0 Å². The lowest BCUT2D eigenvalue weighted by molar-refractivity contribution is 0.299. The first-order valence-corrected chi connectivity index (χ1v) is 11.6. The molecule has 1 saturated carbocycles. The number of hydrogen-bond acceptors (Lipinski definition) is 5. The molecule has 2 fully saturated rings. The van der Waals surface area contributed by atoms with Gasteiger partial charge in [-0.05, 0) is 38.5 Å². The van der Waals surface area contributed by atoms with Crippen molar-refractivity contribution in [2.75, 3.05) is 38.5 Å². The molecule has 3 rings (SSSR count). The van der Waals surface area contributed by atoms with Crippen LogP contribution in [0.3, 0.4) is 0 Å². The van der Waals surface area contributed by atoms with Gasteiger partial charge in [0.15, 0.2) is 5.96 Å². The Morgan fingerprint density at radius 1 is 1.33 bits per heavy atom. The Morgan fingerprint density at radius 2 is 2.11 bits per heavy atom. The minimum Gasteiger partial charge on any atom is -0.357 e. The van der Waals surface area contributed by atoms with E-state index in [0.717, 1.165) is 57.1 Å². The first-order valence-electron chi connectivity index (χ1n) is 9.93. The molecule has 0 bridgehead atoms. The predicted molar refractivity (Wildman–Crippen MR) is 105 cm³/mol. The first-order chi connectivity index (χ1) is 13.1. The van der Waals surface area contributed by atoms with Crippen molar-refractivity contribution in [1.82, 2.24) is 30.1 Å². The van der Waals surface area contributed by atoms with E-state index >= 15 is 0 Å². The van der Waals surface area contributed by atoms with Crippen molar-refractivity contribution in [3.63, 3.8) is 0 Å². The van der Waals surface area contributed by atoms with Gasteiger partial charge < -0.3 is 10.2 Å². The van der Waals surface area contributed by atoms with Crippen LogP contribution in [0.1, 0.15) is 50.8 Å². The van der Waals surface area contributed by atoms with E-state index in [2.05, 4.69) is 35.1 Å². The van der Waals surface area contributed by atoms with Gasteiger partial charge in [0.05, 0.1) is 12.3 Å².